The number of ether oxygens (including phenoxy) is 3. The first kappa shape index (κ1) is 15.7. The molecule has 0 aromatic heterocycles. The molecule has 0 aliphatic carbocycles. The maximum absolute atomic E-state index is 11.9. The maximum atomic E-state index is 11.9. The van der Waals surface area contributed by atoms with Gasteiger partial charge in [-0.15, -0.1) is 0 Å². The molecule has 2 rings (SSSR count). The normalized spacial score (nSPS) is 31.4. The lowest BCUT2D eigenvalue weighted by atomic mass is 9.89. The monoisotopic (exact) mass is 286 g/mol. The van der Waals surface area contributed by atoms with Gasteiger partial charge in [-0.25, -0.2) is 0 Å². The molecular weight excluding hydrogens is 260 g/mol. The van der Waals surface area contributed by atoms with Crippen molar-refractivity contribution >= 4 is 5.91 Å². The number of carbonyl (C=O) groups excluding carboxylic acids is 1. The van der Waals surface area contributed by atoms with Crippen molar-refractivity contribution in [3.63, 3.8) is 0 Å². The molecule has 3 atom stereocenters. The number of methoxy groups -OCH3 is 1. The van der Waals surface area contributed by atoms with E-state index in [-0.39, 0.29) is 17.6 Å². The second-order valence-corrected chi connectivity index (χ2v) is 5.70. The summed E-state index contributed by atoms with van der Waals surface area (Å²) < 4.78 is 16.3. The summed E-state index contributed by atoms with van der Waals surface area (Å²) in [4.78, 5) is 11.9. The van der Waals surface area contributed by atoms with Crippen molar-refractivity contribution in [1.82, 2.24) is 10.6 Å². The van der Waals surface area contributed by atoms with E-state index in [0.717, 1.165) is 32.5 Å². The third kappa shape index (κ3) is 4.15. The summed E-state index contributed by atoms with van der Waals surface area (Å²) >= 11 is 0. The predicted octanol–water partition coefficient (Wildman–Crippen LogP) is 0.0652. The zero-order valence-corrected chi connectivity index (χ0v) is 12.4. The summed E-state index contributed by atoms with van der Waals surface area (Å²) in [6.45, 7) is 5.18. The van der Waals surface area contributed by atoms with Crippen LogP contribution in [0.3, 0.4) is 0 Å². The SMILES string of the molecule is COCCNC(=O)C(C)NC1CCOC2(CCOC2)C1. The fraction of sp³-hybridized carbons (Fsp3) is 0.929. The van der Waals surface area contributed by atoms with Crippen molar-refractivity contribution in [3.05, 3.63) is 0 Å². The molecule has 2 N–H and O–H groups in total. The number of carbonyl (C=O) groups is 1. The van der Waals surface area contributed by atoms with Crippen molar-refractivity contribution in [3.8, 4) is 0 Å². The van der Waals surface area contributed by atoms with Crippen LogP contribution in [0.25, 0.3) is 0 Å². The Morgan fingerprint density at radius 1 is 1.50 bits per heavy atom. The van der Waals surface area contributed by atoms with Gasteiger partial charge < -0.3 is 24.8 Å². The third-order valence-electron chi connectivity index (χ3n) is 4.04. The van der Waals surface area contributed by atoms with Crippen LogP contribution >= 0.6 is 0 Å². The third-order valence-corrected chi connectivity index (χ3v) is 4.04. The molecule has 2 aliphatic rings. The average molecular weight is 286 g/mol. The average Bonchev–Trinajstić information content (AvgIpc) is 2.87. The van der Waals surface area contributed by atoms with Gasteiger partial charge in [0, 0.05) is 39.3 Å². The summed E-state index contributed by atoms with van der Waals surface area (Å²) in [6.07, 6.45) is 2.82. The molecule has 0 aromatic rings. The Kier molecular flexibility index (Phi) is 5.77. The molecule has 6 nitrogen and oxygen atoms in total. The van der Waals surface area contributed by atoms with Gasteiger partial charge in [-0.1, -0.05) is 0 Å². The summed E-state index contributed by atoms with van der Waals surface area (Å²) in [6, 6.07) is 0.114. The summed E-state index contributed by atoms with van der Waals surface area (Å²) in [5.74, 6) is 0.0188. The lowest BCUT2D eigenvalue weighted by Gasteiger charge is -2.38. The molecule has 2 fully saturated rings. The molecule has 116 valence electrons. The molecule has 3 unspecified atom stereocenters. The molecule has 2 saturated heterocycles. The number of hydrogen-bond acceptors (Lipinski definition) is 5. The molecule has 0 saturated carbocycles. The zero-order valence-electron chi connectivity index (χ0n) is 12.4. The summed E-state index contributed by atoms with van der Waals surface area (Å²) in [5, 5.41) is 6.26. The van der Waals surface area contributed by atoms with Gasteiger partial charge in [0.1, 0.15) is 0 Å². The van der Waals surface area contributed by atoms with E-state index in [1.54, 1.807) is 7.11 Å². The fourth-order valence-corrected chi connectivity index (χ4v) is 2.89. The molecule has 0 radical (unpaired) electrons. The molecule has 0 aromatic carbocycles. The van der Waals surface area contributed by atoms with E-state index in [1.807, 2.05) is 6.92 Å². The minimum Gasteiger partial charge on any atom is -0.383 e. The standard InChI is InChI=1S/C14H26N2O4/c1-11(13(17)15-5-8-18-2)16-12-3-6-20-14(9-12)4-7-19-10-14/h11-12,16H,3-10H2,1-2H3,(H,15,17). The summed E-state index contributed by atoms with van der Waals surface area (Å²) in [5.41, 5.74) is -0.123. The highest BCUT2D eigenvalue weighted by Crippen LogP contribution is 2.32. The summed E-state index contributed by atoms with van der Waals surface area (Å²) in [7, 11) is 1.62. The molecule has 6 heteroatoms. The van der Waals surface area contributed by atoms with E-state index >= 15 is 0 Å². The number of hydrogen-bond donors (Lipinski definition) is 2. The molecule has 1 spiro atoms. The second-order valence-electron chi connectivity index (χ2n) is 5.70. The topological polar surface area (TPSA) is 68.8 Å². The van der Waals surface area contributed by atoms with Crippen LogP contribution in [0.15, 0.2) is 0 Å². The maximum Gasteiger partial charge on any atom is 0.236 e. The van der Waals surface area contributed by atoms with Gasteiger partial charge in [0.2, 0.25) is 5.91 Å². The van der Waals surface area contributed by atoms with E-state index in [2.05, 4.69) is 10.6 Å². The van der Waals surface area contributed by atoms with E-state index in [1.165, 1.54) is 0 Å². The molecule has 2 aliphatic heterocycles. The Balaban J connectivity index is 1.75. The Bertz CT molecular complexity index is 318. The molecular formula is C14H26N2O4. The highest BCUT2D eigenvalue weighted by atomic mass is 16.6. The Morgan fingerprint density at radius 2 is 2.35 bits per heavy atom. The predicted molar refractivity (Wildman–Crippen MR) is 74.6 cm³/mol. The van der Waals surface area contributed by atoms with Crippen LogP contribution in [0.1, 0.15) is 26.2 Å². The van der Waals surface area contributed by atoms with Gasteiger partial charge in [0.05, 0.1) is 24.9 Å². The molecule has 1 amide bonds. The van der Waals surface area contributed by atoms with Crippen molar-refractivity contribution in [2.45, 2.75) is 43.9 Å². The van der Waals surface area contributed by atoms with E-state index in [4.69, 9.17) is 14.2 Å². The zero-order chi connectivity index (χ0) is 14.4. The first-order chi connectivity index (χ1) is 9.65. The van der Waals surface area contributed by atoms with Crippen LogP contribution < -0.4 is 10.6 Å². The van der Waals surface area contributed by atoms with Crippen LogP contribution in [-0.4, -0.2) is 63.7 Å². The van der Waals surface area contributed by atoms with Crippen molar-refractivity contribution in [1.29, 1.82) is 0 Å². The number of rotatable bonds is 6. The van der Waals surface area contributed by atoms with Crippen LogP contribution in [0.4, 0.5) is 0 Å². The minimum atomic E-state index is -0.200. The van der Waals surface area contributed by atoms with Gasteiger partial charge in [0.25, 0.3) is 0 Å². The largest absolute Gasteiger partial charge is 0.383 e. The van der Waals surface area contributed by atoms with Crippen LogP contribution in [0.5, 0.6) is 0 Å². The van der Waals surface area contributed by atoms with Gasteiger partial charge in [-0.3, -0.25) is 4.79 Å². The second kappa shape index (κ2) is 7.36. The smallest absolute Gasteiger partial charge is 0.236 e. The van der Waals surface area contributed by atoms with E-state index < -0.39 is 0 Å². The minimum absolute atomic E-state index is 0.0188. The molecule has 0 bridgehead atoms. The lowest BCUT2D eigenvalue weighted by molar-refractivity contribution is -0.124. The Labute approximate surface area is 120 Å². The van der Waals surface area contributed by atoms with Crippen molar-refractivity contribution in [2.24, 2.45) is 0 Å². The van der Waals surface area contributed by atoms with Crippen molar-refractivity contribution in [2.75, 3.05) is 40.1 Å². The highest BCUT2D eigenvalue weighted by Gasteiger charge is 2.41. The highest BCUT2D eigenvalue weighted by molar-refractivity contribution is 5.81. The first-order valence-corrected chi connectivity index (χ1v) is 7.40. The van der Waals surface area contributed by atoms with E-state index in [0.29, 0.717) is 25.8 Å². The quantitative estimate of drug-likeness (QED) is 0.676. The van der Waals surface area contributed by atoms with Crippen molar-refractivity contribution < 1.29 is 19.0 Å². The van der Waals surface area contributed by atoms with Gasteiger partial charge in [0.15, 0.2) is 0 Å². The molecule has 2 heterocycles. The molecule has 20 heavy (non-hydrogen) atoms. The number of amides is 1. The van der Waals surface area contributed by atoms with Crippen LogP contribution in [-0.2, 0) is 19.0 Å². The van der Waals surface area contributed by atoms with Crippen LogP contribution in [0.2, 0.25) is 0 Å². The Hall–Kier alpha value is -0.690. The fourth-order valence-electron chi connectivity index (χ4n) is 2.89. The van der Waals surface area contributed by atoms with Gasteiger partial charge >= 0.3 is 0 Å². The van der Waals surface area contributed by atoms with E-state index in [9.17, 15) is 4.79 Å². The van der Waals surface area contributed by atoms with Gasteiger partial charge in [-0.2, -0.15) is 0 Å². The first-order valence-electron chi connectivity index (χ1n) is 7.40. The van der Waals surface area contributed by atoms with Gasteiger partial charge in [-0.05, 0) is 19.8 Å². The Morgan fingerprint density at radius 3 is 3.05 bits per heavy atom. The lowest BCUT2D eigenvalue weighted by Crippen LogP contribution is -2.53. The number of nitrogens with one attached hydrogen (secondary N) is 2. The van der Waals surface area contributed by atoms with Crippen LogP contribution in [0, 0.1) is 0 Å².